The fourth-order valence-electron chi connectivity index (χ4n) is 6.15. The number of hydrogen-bond acceptors (Lipinski definition) is 4. The third-order valence-corrected chi connectivity index (χ3v) is 8.38. The molecule has 2 aliphatic rings. The summed E-state index contributed by atoms with van der Waals surface area (Å²) in [6.45, 7) is 0.409. The number of hydrogen-bond donors (Lipinski definition) is 4. The van der Waals surface area contributed by atoms with Crippen LogP contribution in [0.1, 0.15) is 29.5 Å². The summed E-state index contributed by atoms with van der Waals surface area (Å²) >= 11 is 0. The Labute approximate surface area is 250 Å². The molecule has 2 fully saturated rings. The van der Waals surface area contributed by atoms with Crippen LogP contribution in [0.2, 0.25) is 0 Å². The molecule has 220 valence electrons. The van der Waals surface area contributed by atoms with Crippen LogP contribution in [-0.2, 0) is 38.4 Å². The van der Waals surface area contributed by atoms with Gasteiger partial charge in [-0.15, -0.1) is 0 Å². The maximum absolute atomic E-state index is 14.0. The zero-order valence-corrected chi connectivity index (χ0v) is 23.8. The van der Waals surface area contributed by atoms with Crippen molar-refractivity contribution in [2.24, 2.45) is 0 Å². The molecule has 0 spiro atoms. The lowest BCUT2D eigenvalue weighted by Gasteiger charge is -2.32. The molecule has 3 aromatic carbocycles. The normalized spacial score (nSPS) is 23.1. The van der Waals surface area contributed by atoms with E-state index in [4.69, 9.17) is 0 Å². The number of carbonyl (C=O) groups excluding carboxylic acids is 4. The standard InChI is InChI=1S/C34H35N5O4/c40-31-27(18-22-10-3-1-4-11-22)37-33(42)30-16-9-17-39(30)34(43)29(19-23-12-5-2-6-13-23)38-32(41)28(36-31)20-24-21-35-26-15-8-7-14-25(24)26/h1-8,10-15,21,27-30,35H,9,16-20H2,(H,36,40)(H,37,42)(H,38,41)/t27-,28-,29-,30?/m0/s1. The predicted octanol–water partition coefficient (Wildman–Crippen LogP) is 2.65. The molecule has 2 saturated heterocycles. The van der Waals surface area contributed by atoms with Gasteiger partial charge >= 0.3 is 0 Å². The zero-order valence-electron chi connectivity index (χ0n) is 23.8. The molecule has 1 unspecified atom stereocenters. The van der Waals surface area contributed by atoms with Crippen LogP contribution in [0, 0.1) is 0 Å². The van der Waals surface area contributed by atoms with Crippen molar-refractivity contribution in [3.05, 3.63) is 108 Å². The maximum atomic E-state index is 14.0. The first-order valence-corrected chi connectivity index (χ1v) is 14.8. The topological polar surface area (TPSA) is 123 Å². The van der Waals surface area contributed by atoms with E-state index in [2.05, 4.69) is 20.9 Å². The molecule has 6 rings (SSSR count). The summed E-state index contributed by atoms with van der Waals surface area (Å²) in [6.07, 6.45) is 3.70. The lowest BCUT2D eigenvalue weighted by Crippen LogP contribution is -2.62. The van der Waals surface area contributed by atoms with Crippen LogP contribution in [0.3, 0.4) is 0 Å². The van der Waals surface area contributed by atoms with Crippen LogP contribution in [0.25, 0.3) is 10.9 Å². The summed E-state index contributed by atoms with van der Waals surface area (Å²) in [6, 6.07) is 23.1. The molecular weight excluding hydrogens is 542 g/mol. The van der Waals surface area contributed by atoms with Crippen LogP contribution in [0.15, 0.2) is 91.1 Å². The van der Waals surface area contributed by atoms with Crippen molar-refractivity contribution >= 4 is 34.5 Å². The molecule has 0 aliphatic carbocycles. The van der Waals surface area contributed by atoms with Gasteiger partial charge in [-0.3, -0.25) is 19.2 Å². The van der Waals surface area contributed by atoms with Crippen molar-refractivity contribution in [3.63, 3.8) is 0 Å². The second-order valence-corrected chi connectivity index (χ2v) is 11.3. The first-order chi connectivity index (χ1) is 21.0. The Morgan fingerprint density at radius 1 is 0.628 bits per heavy atom. The summed E-state index contributed by atoms with van der Waals surface area (Å²) in [5.41, 5.74) is 3.53. The van der Waals surface area contributed by atoms with E-state index in [9.17, 15) is 19.2 Å². The highest BCUT2D eigenvalue weighted by Gasteiger charge is 2.40. The largest absolute Gasteiger partial charge is 0.361 e. The van der Waals surface area contributed by atoms with Crippen LogP contribution >= 0.6 is 0 Å². The van der Waals surface area contributed by atoms with Gasteiger partial charge in [0.1, 0.15) is 24.2 Å². The van der Waals surface area contributed by atoms with Crippen LogP contribution in [0.4, 0.5) is 0 Å². The molecule has 4 N–H and O–H groups in total. The average molecular weight is 578 g/mol. The summed E-state index contributed by atoms with van der Waals surface area (Å²) in [4.78, 5) is 60.3. The van der Waals surface area contributed by atoms with E-state index in [0.29, 0.717) is 19.4 Å². The van der Waals surface area contributed by atoms with Crippen LogP contribution < -0.4 is 16.0 Å². The van der Waals surface area contributed by atoms with Gasteiger partial charge in [-0.1, -0.05) is 78.9 Å². The first-order valence-electron chi connectivity index (χ1n) is 14.8. The minimum absolute atomic E-state index is 0.201. The van der Waals surface area contributed by atoms with E-state index in [1.165, 1.54) is 0 Å². The van der Waals surface area contributed by atoms with Crippen molar-refractivity contribution in [1.82, 2.24) is 25.8 Å². The monoisotopic (exact) mass is 577 g/mol. The van der Waals surface area contributed by atoms with Gasteiger partial charge in [0.2, 0.25) is 23.6 Å². The number of fused-ring (bicyclic) bond motifs is 2. The lowest BCUT2D eigenvalue weighted by molar-refractivity contribution is -0.143. The van der Waals surface area contributed by atoms with E-state index in [0.717, 1.165) is 27.6 Å². The van der Waals surface area contributed by atoms with Gasteiger partial charge < -0.3 is 25.8 Å². The number of nitrogens with one attached hydrogen (secondary N) is 4. The zero-order chi connectivity index (χ0) is 29.8. The van der Waals surface area contributed by atoms with E-state index in [-0.39, 0.29) is 31.1 Å². The van der Waals surface area contributed by atoms with Crippen LogP contribution in [0.5, 0.6) is 0 Å². The number of carbonyl (C=O) groups is 4. The van der Waals surface area contributed by atoms with Crippen molar-refractivity contribution < 1.29 is 19.2 Å². The fraction of sp³-hybridized carbons (Fsp3) is 0.294. The maximum Gasteiger partial charge on any atom is 0.246 e. The number of aromatic nitrogens is 1. The summed E-state index contributed by atoms with van der Waals surface area (Å²) in [7, 11) is 0. The van der Waals surface area contributed by atoms with Crippen molar-refractivity contribution in [1.29, 1.82) is 0 Å². The first kappa shape index (κ1) is 28.2. The van der Waals surface area contributed by atoms with Gasteiger partial charge in [0.15, 0.2) is 0 Å². The number of para-hydroxylation sites is 1. The Kier molecular flexibility index (Phi) is 8.22. The number of rotatable bonds is 6. The number of aromatic amines is 1. The van der Waals surface area contributed by atoms with Gasteiger partial charge in [-0.25, -0.2) is 0 Å². The Morgan fingerprint density at radius 2 is 1.19 bits per heavy atom. The SMILES string of the molecule is O=C1N[C@@H](Cc2ccccc2)C(=O)N[C@@H](Cc2c[nH]c3ccccc23)C(=O)N[C@@H](Cc2ccccc2)C(=O)N2CCCC12. The van der Waals surface area contributed by atoms with Crippen molar-refractivity contribution in [2.45, 2.75) is 56.3 Å². The molecule has 9 heteroatoms. The van der Waals surface area contributed by atoms with Crippen molar-refractivity contribution in [2.75, 3.05) is 6.54 Å². The van der Waals surface area contributed by atoms with Gasteiger partial charge in [-0.05, 0) is 35.6 Å². The van der Waals surface area contributed by atoms with Crippen molar-refractivity contribution in [3.8, 4) is 0 Å². The molecule has 3 heterocycles. The Balaban J connectivity index is 1.36. The molecular formula is C34H35N5O4. The molecule has 2 aliphatic heterocycles. The van der Waals surface area contributed by atoms with E-state index in [1.807, 2.05) is 91.1 Å². The summed E-state index contributed by atoms with van der Waals surface area (Å²) < 4.78 is 0. The second kappa shape index (κ2) is 12.5. The van der Waals surface area contributed by atoms with E-state index >= 15 is 0 Å². The number of amides is 4. The predicted molar refractivity (Wildman–Crippen MR) is 163 cm³/mol. The number of nitrogens with zero attached hydrogens (tertiary/aromatic N) is 1. The summed E-state index contributed by atoms with van der Waals surface area (Å²) in [5, 5.41) is 9.78. The molecule has 1 aromatic heterocycles. The third-order valence-electron chi connectivity index (χ3n) is 8.38. The Hall–Kier alpha value is -4.92. The molecule has 0 bridgehead atoms. The van der Waals surface area contributed by atoms with E-state index < -0.39 is 36.0 Å². The minimum Gasteiger partial charge on any atom is -0.361 e. The number of benzene rings is 3. The Morgan fingerprint density at radius 3 is 1.88 bits per heavy atom. The molecule has 43 heavy (non-hydrogen) atoms. The Bertz CT molecular complexity index is 1620. The van der Waals surface area contributed by atoms with Gasteiger partial charge in [0, 0.05) is 42.9 Å². The molecule has 4 atom stereocenters. The highest BCUT2D eigenvalue weighted by Crippen LogP contribution is 2.22. The van der Waals surface area contributed by atoms with Crippen LogP contribution in [-0.4, -0.2) is 64.2 Å². The fourth-order valence-corrected chi connectivity index (χ4v) is 6.15. The number of H-pyrrole nitrogens is 1. The average Bonchev–Trinajstić information content (AvgIpc) is 3.68. The lowest BCUT2D eigenvalue weighted by atomic mass is 9.99. The minimum atomic E-state index is -0.984. The molecule has 4 aromatic rings. The highest BCUT2D eigenvalue weighted by molar-refractivity contribution is 5.98. The van der Waals surface area contributed by atoms with Gasteiger partial charge in [-0.2, -0.15) is 0 Å². The molecule has 0 radical (unpaired) electrons. The molecule has 4 amide bonds. The second-order valence-electron chi connectivity index (χ2n) is 11.3. The van der Waals surface area contributed by atoms with Gasteiger partial charge in [0.25, 0.3) is 0 Å². The molecule has 9 nitrogen and oxygen atoms in total. The molecule has 0 saturated carbocycles. The van der Waals surface area contributed by atoms with E-state index in [1.54, 1.807) is 4.90 Å². The third kappa shape index (κ3) is 6.30. The highest BCUT2D eigenvalue weighted by atomic mass is 16.2. The van der Waals surface area contributed by atoms with Gasteiger partial charge in [0.05, 0.1) is 0 Å². The summed E-state index contributed by atoms with van der Waals surface area (Å²) in [5.74, 6) is -1.56. The quantitative estimate of drug-likeness (QED) is 0.281. The smallest absolute Gasteiger partial charge is 0.246 e.